The van der Waals surface area contributed by atoms with E-state index in [1.54, 1.807) is 18.3 Å². The summed E-state index contributed by atoms with van der Waals surface area (Å²) in [5, 5.41) is 12.2. The Morgan fingerprint density at radius 1 is 1.43 bits per heavy atom. The normalized spacial score (nSPS) is 17.4. The van der Waals surface area contributed by atoms with Gasteiger partial charge >= 0.3 is 5.97 Å². The van der Waals surface area contributed by atoms with E-state index in [2.05, 4.69) is 14.9 Å². The minimum atomic E-state index is -0.902. The van der Waals surface area contributed by atoms with Crippen LogP contribution in [-0.2, 0) is 24.4 Å². The van der Waals surface area contributed by atoms with Crippen LogP contribution < -0.4 is 5.32 Å². The smallest absolute Gasteiger partial charge is 0.335 e. The number of imidazole rings is 1. The first-order valence-electron chi connectivity index (χ1n) is 6.87. The van der Waals surface area contributed by atoms with Crippen molar-refractivity contribution in [3.05, 3.63) is 53.6 Å². The first-order valence-corrected chi connectivity index (χ1v) is 6.87. The van der Waals surface area contributed by atoms with Crippen LogP contribution in [0.1, 0.15) is 21.7 Å². The van der Waals surface area contributed by atoms with E-state index >= 15 is 0 Å². The second kappa shape index (κ2) is 6.07. The number of carbonyl (C=O) groups is 1. The van der Waals surface area contributed by atoms with Crippen molar-refractivity contribution in [3.8, 4) is 0 Å². The van der Waals surface area contributed by atoms with Gasteiger partial charge in [0, 0.05) is 25.5 Å². The Hall–Kier alpha value is -2.18. The van der Waals surface area contributed by atoms with E-state index in [-0.39, 0.29) is 6.10 Å². The van der Waals surface area contributed by atoms with E-state index in [1.165, 1.54) is 0 Å². The summed E-state index contributed by atoms with van der Waals surface area (Å²) in [6.07, 6.45) is 3.89. The maximum absolute atomic E-state index is 10.8. The molecule has 1 aromatic heterocycles. The molecule has 0 amide bonds. The Bertz CT molecular complexity index is 621. The lowest BCUT2D eigenvalue weighted by molar-refractivity contribution is 0.00278. The van der Waals surface area contributed by atoms with Crippen LogP contribution in [0.2, 0.25) is 0 Å². The third kappa shape index (κ3) is 3.29. The fraction of sp³-hybridized carbons (Fsp3) is 0.333. The van der Waals surface area contributed by atoms with Gasteiger partial charge in [0.05, 0.1) is 18.2 Å². The van der Waals surface area contributed by atoms with Crippen molar-refractivity contribution in [2.75, 3.05) is 6.54 Å². The third-order valence-electron chi connectivity index (χ3n) is 3.55. The van der Waals surface area contributed by atoms with Gasteiger partial charge in [-0.05, 0) is 17.7 Å². The van der Waals surface area contributed by atoms with E-state index in [4.69, 9.17) is 9.84 Å². The van der Waals surface area contributed by atoms with Gasteiger partial charge in [-0.2, -0.15) is 0 Å². The van der Waals surface area contributed by atoms with Crippen molar-refractivity contribution in [2.45, 2.75) is 25.8 Å². The standard InChI is InChI=1S/C15H17N3O3/c19-15(20)12-3-1-11(2-4-12)7-16-8-13-9-18-6-5-17-14(18)10-21-13/h1-6,13,16H,7-10H2,(H,19,20). The Labute approximate surface area is 122 Å². The lowest BCUT2D eigenvalue weighted by atomic mass is 10.1. The number of nitrogens with one attached hydrogen (secondary N) is 1. The summed E-state index contributed by atoms with van der Waals surface area (Å²) in [5.74, 6) is 0.0664. The summed E-state index contributed by atoms with van der Waals surface area (Å²) in [4.78, 5) is 15.0. The zero-order valence-corrected chi connectivity index (χ0v) is 11.5. The third-order valence-corrected chi connectivity index (χ3v) is 3.55. The summed E-state index contributed by atoms with van der Waals surface area (Å²) >= 11 is 0. The number of nitrogens with zero attached hydrogens (tertiary/aromatic N) is 2. The van der Waals surface area contributed by atoms with Gasteiger partial charge in [0.1, 0.15) is 12.4 Å². The number of fused-ring (bicyclic) bond motifs is 1. The minimum absolute atomic E-state index is 0.130. The molecule has 0 saturated heterocycles. The average Bonchev–Trinajstić information content (AvgIpc) is 2.95. The molecule has 6 heteroatoms. The lowest BCUT2D eigenvalue weighted by Crippen LogP contribution is -2.35. The van der Waals surface area contributed by atoms with Crippen LogP contribution in [0.3, 0.4) is 0 Å². The molecule has 0 fully saturated rings. The molecule has 1 aromatic carbocycles. The Kier molecular flexibility index (Phi) is 3.98. The number of hydrogen-bond acceptors (Lipinski definition) is 4. The maximum Gasteiger partial charge on any atom is 0.335 e. The van der Waals surface area contributed by atoms with Crippen LogP contribution in [-0.4, -0.2) is 33.3 Å². The summed E-state index contributed by atoms with van der Waals surface area (Å²) < 4.78 is 7.84. The van der Waals surface area contributed by atoms with Gasteiger partial charge in [-0.25, -0.2) is 9.78 Å². The first kappa shape index (κ1) is 13.8. The largest absolute Gasteiger partial charge is 0.478 e. The highest BCUT2D eigenvalue weighted by atomic mass is 16.5. The molecule has 1 aliphatic heterocycles. The lowest BCUT2D eigenvalue weighted by Gasteiger charge is -2.24. The molecule has 2 aromatic rings. The van der Waals surface area contributed by atoms with Crippen LogP contribution >= 0.6 is 0 Å². The van der Waals surface area contributed by atoms with Gasteiger partial charge in [0.2, 0.25) is 0 Å². The highest BCUT2D eigenvalue weighted by Gasteiger charge is 2.18. The molecule has 2 N–H and O–H groups in total. The van der Waals surface area contributed by atoms with E-state index in [1.807, 2.05) is 18.3 Å². The fourth-order valence-corrected chi connectivity index (χ4v) is 2.38. The van der Waals surface area contributed by atoms with Crippen LogP contribution in [0.5, 0.6) is 0 Å². The topological polar surface area (TPSA) is 76.4 Å². The molecular weight excluding hydrogens is 270 g/mol. The van der Waals surface area contributed by atoms with Crippen LogP contribution in [0, 0.1) is 0 Å². The van der Waals surface area contributed by atoms with Gasteiger partial charge in [-0.3, -0.25) is 0 Å². The van der Waals surface area contributed by atoms with Gasteiger partial charge in [0.15, 0.2) is 0 Å². The van der Waals surface area contributed by atoms with Crippen molar-refractivity contribution < 1.29 is 14.6 Å². The van der Waals surface area contributed by atoms with Gasteiger partial charge in [-0.1, -0.05) is 12.1 Å². The van der Waals surface area contributed by atoms with E-state index < -0.39 is 5.97 Å². The number of aromatic nitrogens is 2. The van der Waals surface area contributed by atoms with Crippen LogP contribution in [0.15, 0.2) is 36.7 Å². The number of hydrogen-bond donors (Lipinski definition) is 2. The zero-order chi connectivity index (χ0) is 14.7. The molecule has 21 heavy (non-hydrogen) atoms. The predicted octanol–water partition coefficient (Wildman–Crippen LogP) is 1.27. The molecule has 3 rings (SSSR count). The molecular formula is C15H17N3O3. The molecule has 1 atom stereocenters. The molecule has 110 valence electrons. The second-order valence-electron chi connectivity index (χ2n) is 5.06. The van der Waals surface area contributed by atoms with Crippen molar-refractivity contribution >= 4 is 5.97 Å². The SMILES string of the molecule is O=C(O)c1ccc(CNCC2Cn3ccnc3CO2)cc1. The van der Waals surface area contributed by atoms with E-state index in [9.17, 15) is 4.79 Å². The van der Waals surface area contributed by atoms with Gasteiger partial charge < -0.3 is 19.7 Å². The summed E-state index contributed by atoms with van der Waals surface area (Å²) in [5.41, 5.74) is 1.36. The number of aromatic carboxylic acids is 1. The monoisotopic (exact) mass is 287 g/mol. The number of carboxylic acids is 1. The summed E-state index contributed by atoms with van der Waals surface area (Å²) in [6, 6.07) is 6.89. The molecule has 2 heterocycles. The number of ether oxygens (including phenoxy) is 1. The average molecular weight is 287 g/mol. The first-order chi connectivity index (χ1) is 10.2. The maximum atomic E-state index is 10.8. The second-order valence-corrected chi connectivity index (χ2v) is 5.06. The Morgan fingerprint density at radius 3 is 3.00 bits per heavy atom. The van der Waals surface area contributed by atoms with Crippen molar-refractivity contribution in [1.82, 2.24) is 14.9 Å². The molecule has 0 bridgehead atoms. The molecule has 0 saturated carbocycles. The van der Waals surface area contributed by atoms with Crippen molar-refractivity contribution in [2.24, 2.45) is 0 Å². The quantitative estimate of drug-likeness (QED) is 0.866. The highest BCUT2D eigenvalue weighted by Crippen LogP contribution is 2.11. The van der Waals surface area contributed by atoms with Gasteiger partial charge in [-0.15, -0.1) is 0 Å². The molecule has 6 nitrogen and oxygen atoms in total. The summed E-state index contributed by atoms with van der Waals surface area (Å²) in [6.45, 7) is 2.79. The molecule has 1 unspecified atom stereocenters. The molecule has 0 spiro atoms. The van der Waals surface area contributed by atoms with Crippen LogP contribution in [0.4, 0.5) is 0 Å². The van der Waals surface area contributed by atoms with E-state index in [0.29, 0.717) is 18.7 Å². The minimum Gasteiger partial charge on any atom is -0.478 e. The Balaban J connectivity index is 1.47. The Morgan fingerprint density at radius 2 is 2.24 bits per heavy atom. The highest BCUT2D eigenvalue weighted by molar-refractivity contribution is 5.87. The number of benzene rings is 1. The van der Waals surface area contributed by atoms with E-state index in [0.717, 1.165) is 24.5 Å². The van der Waals surface area contributed by atoms with Crippen LogP contribution in [0.25, 0.3) is 0 Å². The molecule has 0 radical (unpaired) electrons. The number of rotatable bonds is 5. The van der Waals surface area contributed by atoms with Crippen molar-refractivity contribution in [1.29, 1.82) is 0 Å². The zero-order valence-electron chi connectivity index (χ0n) is 11.5. The van der Waals surface area contributed by atoms with Crippen molar-refractivity contribution in [3.63, 3.8) is 0 Å². The fourth-order valence-electron chi connectivity index (χ4n) is 2.38. The predicted molar refractivity (Wildman–Crippen MR) is 75.9 cm³/mol. The molecule has 1 aliphatic rings. The van der Waals surface area contributed by atoms with Gasteiger partial charge in [0.25, 0.3) is 0 Å². The number of carboxylic acid groups (broad SMARTS) is 1. The summed E-state index contributed by atoms with van der Waals surface area (Å²) in [7, 11) is 0. The molecule has 0 aliphatic carbocycles.